The highest BCUT2D eigenvalue weighted by molar-refractivity contribution is 6.45. The minimum Gasteiger partial charge on any atom is -0.327 e. The fourth-order valence-electron chi connectivity index (χ4n) is 3.51. The number of alkyl halides is 3. The molecule has 1 saturated heterocycles. The summed E-state index contributed by atoms with van der Waals surface area (Å²) >= 11 is 5.98. The number of carbonyl (C=O) groups is 1. The highest BCUT2D eigenvalue weighted by Gasteiger charge is 2.40. The predicted molar refractivity (Wildman–Crippen MR) is 108 cm³/mol. The van der Waals surface area contributed by atoms with E-state index >= 15 is 0 Å². The molecule has 1 aliphatic rings. The number of hydrogen-bond donors (Lipinski definition) is 2. The monoisotopic (exact) mass is 440 g/mol. The first kappa shape index (κ1) is 21.8. The predicted octanol–water partition coefficient (Wildman–Crippen LogP) is 4.05. The average Bonchev–Trinajstić information content (AvgIpc) is 3.17. The zero-order valence-electron chi connectivity index (χ0n) is 16.5. The summed E-state index contributed by atoms with van der Waals surface area (Å²) in [5.74, 6) is -0.0654. The van der Waals surface area contributed by atoms with Gasteiger partial charge in [0, 0.05) is 25.6 Å². The molecule has 1 amide bonds. The molecular weight excluding hydrogens is 421 g/mol. The van der Waals surface area contributed by atoms with E-state index in [-0.39, 0.29) is 11.6 Å². The van der Waals surface area contributed by atoms with Gasteiger partial charge in [-0.1, -0.05) is 17.7 Å². The number of likely N-dealkylation sites (tertiary alicyclic amines) is 1. The summed E-state index contributed by atoms with van der Waals surface area (Å²) in [7, 11) is 1.61. The highest BCUT2D eigenvalue weighted by atomic mass is 35.5. The molecular formula is C19H20ClF3N6O. The van der Waals surface area contributed by atoms with Gasteiger partial charge in [-0.3, -0.25) is 9.89 Å². The van der Waals surface area contributed by atoms with Gasteiger partial charge in [-0.15, -0.1) is 0 Å². The van der Waals surface area contributed by atoms with Crippen molar-refractivity contribution in [1.82, 2.24) is 20.5 Å². The topological polar surface area (TPSA) is 85.7 Å². The normalized spacial score (nSPS) is 22.6. The van der Waals surface area contributed by atoms with Crippen LogP contribution in [0.2, 0.25) is 5.02 Å². The van der Waals surface area contributed by atoms with Crippen LogP contribution in [0.4, 0.5) is 19.0 Å². The summed E-state index contributed by atoms with van der Waals surface area (Å²) in [4.78, 5) is 19.2. The molecule has 30 heavy (non-hydrogen) atoms. The van der Waals surface area contributed by atoms with E-state index in [0.717, 1.165) is 6.07 Å². The lowest BCUT2D eigenvalue weighted by Gasteiger charge is -2.40. The molecule has 2 heterocycles. The van der Waals surface area contributed by atoms with Crippen molar-refractivity contribution in [1.29, 1.82) is 0 Å². The Morgan fingerprint density at radius 2 is 2.07 bits per heavy atom. The fraction of sp³-hybridized carbons (Fsp3) is 0.368. The van der Waals surface area contributed by atoms with Gasteiger partial charge in [-0.05, 0) is 26.0 Å². The molecule has 7 nitrogen and oxygen atoms in total. The Kier molecular flexibility index (Phi) is 6.16. The molecule has 2 atom stereocenters. The van der Waals surface area contributed by atoms with Crippen LogP contribution in [0.25, 0.3) is 0 Å². The van der Waals surface area contributed by atoms with Crippen molar-refractivity contribution in [2.75, 3.05) is 7.05 Å². The number of aromatic nitrogens is 2. The number of piperidine rings is 1. The summed E-state index contributed by atoms with van der Waals surface area (Å²) in [5, 5.41) is 10.3. The minimum atomic E-state index is -4.66. The quantitative estimate of drug-likeness (QED) is 0.706. The summed E-state index contributed by atoms with van der Waals surface area (Å²) in [6.07, 6.45) is -2.74. The Morgan fingerprint density at radius 3 is 2.67 bits per heavy atom. The van der Waals surface area contributed by atoms with Crippen molar-refractivity contribution >= 4 is 34.7 Å². The van der Waals surface area contributed by atoms with E-state index in [0.29, 0.717) is 23.7 Å². The van der Waals surface area contributed by atoms with Crippen LogP contribution < -0.4 is 5.43 Å². The Hall–Kier alpha value is -2.88. The number of halogens is 4. The van der Waals surface area contributed by atoms with Gasteiger partial charge in [0.1, 0.15) is 11.5 Å². The molecule has 1 aliphatic heterocycles. The van der Waals surface area contributed by atoms with Gasteiger partial charge in [-0.25, -0.2) is 4.99 Å². The summed E-state index contributed by atoms with van der Waals surface area (Å²) in [6, 6.07) is 4.11. The van der Waals surface area contributed by atoms with Gasteiger partial charge in [-0.2, -0.15) is 23.4 Å². The van der Waals surface area contributed by atoms with Crippen LogP contribution >= 0.6 is 11.6 Å². The lowest BCUT2D eigenvalue weighted by Crippen LogP contribution is -2.56. The van der Waals surface area contributed by atoms with E-state index in [1.807, 2.05) is 0 Å². The van der Waals surface area contributed by atoms with E-state index in [1.165, 1.54) is 17.0 Å². The number of rotatable bonds is 3. The number of aliphatic imine (C=N–C) groups is 1. The van der Waals surface area contributed by atoms with Crippen LogP contribution in [-0.2, 0) is 6.18 Å². The molecule has 0 radical (unpaired) electrons. The molecule has 1 aromatic heterocycles. The molecule has 0 aliphatic carbocycles. The van der Waals surface area contributed by atoms with Crippen LogP contribution in [0.5, 0.6) is 0 Å². The number of carbonyl (C=O) groups excluding carboxylic acids is 1. The van der Waals surface area contributed by atoms with Crippen LogP contribution in [0.3, 0.4) is 0 Å². The van der Waals surface area contributed by atoms with Gasteiger partial charge in [0.15, 0.2) is 0 Å². The van der Waals surface area contributed by atoms with Crippen molar-refractivity contribution in [3.8, 4) is 0 Å². The van der Waals surface area contributed by atoms with Gasteiger partial charge >= 0.3 is 6.18 Å². The van der Waals surface area contributed by atoms with Crippen molar-refractivity contribution in [2.45, 2.75) is 38.5 Å². The van der Waals surface area contributed by atoms with E-state index < -0.39 is 28.7 Å². The lowest BCUT2D eigenvalue weighted by molar-refractivity contribution is -0.137. The average molecular weight is 441 g/mol. The maximum atomic E-state index is 13.2. The maximum absolute atomic E-state index is 13.2. The van der Waals surface area contributed by atoms with Crippen LogP contribution in [0.1, 0.15) is 36.2 Å². The van der Waals surface area contributed by atoms with Crippen LogP contribution in [0, 0.1) is 0 Å². The fourth-order valence-corrected chi connectivity index (χ4v) is 3.82. The molecule has 2 aromatic rings. The number of hydrazone groups is 1. The van der Waals surface area contributed by atoms with E-state index in [2.05, 4.69) is 25.7 Å². The molecule has 3 rings (SSSR count). The van der Waals surface area contributed by atoms with Gasteiger partial charge in [0.05, 0.1) is 34.1 Å². The Bertz CT molecular complexity index is 987. The van der Waals surface area contributed by atoms with Crippen molar-refractivity contribution in [2.24, 2.45) is 10.1 Å². The Balaban J connectivity index is 2.00. The number of nitrogens with zero attached hydrogens (tertiary/aromatic N) is 4. The second-order valence-electron chi connectivity index (χ2n) is 6.83. The lowest BCUT2D eigenvalue weighted by atomic mass is 9.92. The molecule has 1 fully saturated rings. The standard InChI is InChI=1S/C19H20ClF3N6O/c1-10-9-14(26-15-7-8-25-27-15)17(28-24-3)11(2)29(10)18(30)12-5-4-6-13(16(12)20)19(21,22)23/h4-8,10-11,24H,9H2,1-3H3,(H,25,27)/t10-,11+/m1/s1. The van der Waals surface area contributed by atoms with Gasteiger partial charge in [0.2, 0.25) is 0 Å². The molecule has 11 heteroatoms. The van der Waals surface area contributed by atoms with Crippen molar-refractivity contribution in [3.05, 3.63) is 46.6 Å². The smallest absolute Gasteiger partial charge is 0.327 e. The first-order valence-electron chi connectivity index (χ1n) is 9.15. The first-order valence-corrected chi connectivity index (χ1v) is 9.53. The van der Waals surface area contributed by atoms with Crippen LogP contribution in [-0.4, -0.2) is 51.6 Å². The summed E-state index contributed by atoms with van der Waals surface area (Å²) in [5.41, 5.74) is 2.60. The van der Waals surface area contributed by atoms with E-state index in [4.69, 9.17) is 11.6 Å². The van der Waals surface area contributed by atoms with Crippen LogP contribution in [0.15, 0.2) is 40.6 Å². The third-order valence-electron chi connectivity index (χ3n) is 4.82. The van der Waals surface area contributed by atoms with Crippen molar-refractivity contribution in [3.63, 3.8) is 0 Å². The molecule has 0 saturated carbocycles. The number of H-pyrrole nitrogens is 1. The summed E-state index contributed by atoms with van der Waals surface area (Å²) in [6.45, 7) is 3.54. The third kappa shape index (κ3) is 4.18. The minimum absolute atomic E-state index is 0.206. The van der Waals surface area contributed by atoms with Gasteiger partial charge in [0.25, 0.3) is 5.91 Å². The molecule has 0 spiro atoms. The molecule has 0 unspecified atom stereocenters. The molecule has 160 valence electrons. The third-order valence-corrected chi connectivity index (χ3v) is 5.22. The number of benzene rings is 1. The first-order chi connectivity index (χ1) is 14.1. The number of aromatic amines is 1. The Morgan fingerprint density at radius 1 is 1.33 bits per heavy atom. The van der Waals surface area contributed by atoms with E-state index in [1.54, 1.807) is 33.2 Å². The van der Waals surface area contributed by atoms with E-state index in [9.17, 15) is 18.0 Å². The van der Waals surface area contributed by atoms with Crippen molar-refractivity contribution < 1.29 is 18.0 Å². The molecule has 2 N–H and O–H groups in total. The zero-order valence-corrected chi connectivity index (χ0v) is 17.2. The number of nitrogens with one attached hydrogen (secondary N) is 2. The second-order valence-corrected chi connectivity index (χ2v) is 7.21. The zero-order chi connectivity index (χ0) is 22.1. The molecule has 1 aromatic carbocycles. The molecule has 0 bridgehead atoms. The largest absolute Gasteiger partial charge is 0.417 e. The maximum Gasteiger partial charge on any atom is 0.417 e. The number of amides is 1. The second kappa shape index (κ2) is 8.47. The highest BCUT2D eigenvalue weighted by Crippen LogP contribution is 2.37. The van der Waals surface area contributed by atoms with Gasteiger partial charge < -0.3 is 10.3 Å². The Labute approximate surface area is 176 Å². The number of hydrogen-bond acceptors (Lipinski definition) is 5. The summed E-state index contributed by atoms with van der Waals surface area (Å²) < 4.78 is 39.7. The SMILES string of the molecule is CNN=C1C(=Nc2ccn[nH]2)C[C@@H](C)N(C(=O)c2cccc(C(F)(F)F)c2Cl)[C@H]1C.